The number of nitrogens with zero attached hydrogens (tertiary/aromatic N) is 3. The van der Waals surface area contributed by atoms with E-state index < -0.39 is 10.0 Å². The summed E-state index contributed by atoms with van der Waals surface area (Å²) < 4.78 is 26.2. The molecular weight excluding hydrogens is 250 g/mol. The van der Waals surface area contributed by atoms with Crippen LogP contribution in [-0.2, 0) is 10.0 Å². The molecule has 1 heterocycles. The Bertz CT molecular complexity index is 434. The Balaban J connectivity index is 2.87. The number of aliphatic imine (C=N–C) groups is 1. The molecule has 0 aromatic carbocycles. The number of amidine groups is 1. The standard InChI is InChI=1S/C12H23N3O2S/c1-11(10-14(4)12(2)13-3)18(16,17)15-8-6-5-7-9-15/h10H,5-9H2,1-4H3/b11-10+,13-12?. The van der Waals surface area contributed by atoms with Crippen molar-refractivity contribution in [2.45, 2.75) is 33.1 Å². The molecule has 0 saturated carbocycles. The van der Waals surface area contributed by atoms with Crippen molar-refractivity contribution in [3.05, 3.63) is 11.1 Å². The van der Waals surface area contributed by atoms with Crippen molar-refractivity contribution in [2.75, 3.05) is 27.2 Å². The highest BCUT2D eigenvalue weighted by atomic mass is 32.2. The maximum absolute atomic E-state index is 12.3. The molecular formula is C12H23N3O2S. The van der Waals surface area contributed by atoms with Gasteiger partial charge in [-0.3, -0.25) is 4.99 Å². The van der Waals surface area contributed by atoms with Crippen molar-refractivity contribution < 1.29 is 8.42 Å². The summed E-state index contributed by atoms with van der Waals surface area (Å²) in [6.07, 6.45) is 4.66. The van der Waals surface area contributed by atoms with E-state index >= 15 is 0 Å². The Morgan fingerprint density at radius 3 is 2.28 bits per heavy atom. The van der Waals surface area contributed by atoms with Crippen LogP contribution in [0.3, 0.4) is 0 Å². The average Bonchev–Trinajstić information content (AvgIpc) is 2.38. The van der Waals surface area contributed by atoms with E-state index in [9.17, 15) is 8.42 Å². The molecule has 0 aromatic heterocycles. The predicted molar refractivity (Wildman–Crippen MR) is 74.9 cm³/mol. The minimum absolute atomic E-state index is 0.370. The van der Waals surface area contributed by atoms with Crippen LogP contribution in [0.5, 0.6) is 0 Å². The normalized spacial score (nSPS) is 20.0. The van der Waals surface area contributed by atoms with Gasteiger partial charge in [-0.1, -0.05) is 6.42 Å². The Labute approximate surface area is 110 Å². The summed E-state index contributed by atoms with van der Waals surface area (Å²) in [5.41, 5.74) is 0. The molecule has 5 nitrogen and oxygen atoms in total. The van der Waals surface area contributed by atoms with Crippen LogP contribution in [0, 0.1) is 0 Å². The maximum Gasteiger partial charge on any atom is 0.240 e. The summed E-state index contributed by atoms with van der Waals surface area (Å²) in [7, 11) is 0.191. The maximum atomic E-state index is 12.3. The van der Waals surface area contributed by atoms with Crippen molar-refractivity contribution >= 4 is 15.9 Å². The summed E-state index contributed by atoms with van der Waals surface area (Å²) in [5, 5.41) is 0. The van der Waals surface area contributed by atoms with E-state index in [0.717, 1.165) is 25.1 Å². The zero-order valence-electron chi connectivity index (χ0n) is 11.7. The van der Waals surface area contributed by atoms with Gasteiger partial charge in [-0.2, -0.15) is 4.31 Å². The Morgan fingerprint density at radius 1 is 1.22 bits per heavy atom. The first-order valence-electron chi connectivity index (χ1n) is 6.24. The lowest BCUT2D eigenvalue weighted by Crippen LogP contribution is -2.36. The van der Waals surface area contributed by atoms with Gasteiger partial charge in [-0.05, 0) is 26.7 Å². The third-order valence-corrected chi connectivity index (χ3v) is 5.24. The van der Waals surface area contributed by atoms with Gasteiger partial charge in [0.2, 0.25) is 10.0 Å². The minimum atomic E-state index is -3.30. The zero-order valence-corrected chi connectivity index (χ0v) is 12.5. The van der Waals surface area contributed by atoms with Crippen LogP contribution in [-0.4, -0.2) is 50.6 Å². The molecule has 0 bridgehead atoms. The Kier molecular flexibility index (Phi) is 5.34. The molecule has 104 valence electrons. The number of piperidine rings is 1. The summed E-state index contributed by atoms with van der Waals surface area (Å²) in [5.74, 6) is 0.781. The third-order valence-electron chi connectivity index (χ3n) is 3.27. The smallest absolute Gasteiger partial charge is 0.240 e. The fourth-order valence-corrected chi connectivity index (χ4v) is 3.34. The zero-order chi connectivity index (χ0) is 13.8. The molecule has 0 amide bonds. The third kappa shape index (κ3) is 3.55. The number of hydrogen-bond donors (Lipinski definition) is 0. The van der Waals surface area contributed by atoms with Crippen LogP contribution in [0.25, 0.3) is 0 Å². The summed E-state index contributed by atoms with van der Waals surface area (Å²) in [6, 6.07) is 0. The van der Waals surface area contributed by atoms with E-state index in [1.54, 1.807) is 36.4 Å². The van der Waals surface area contributed by atoms with Crippen LogP contribution in [0.2, 0.25) is 0 Å². The van der Waals surface area contributed by atoms with Gasteiger partial charge in [-0.25, -0.2) is 8.42 Å². The average molecular weight is 273 g/mol. The molecule has 1 aliphatic rings. The van der Waals surface area contributed by atoms with Gasteiger partial charge in [0, 0.05) is 33.4 Å². The molecule has 0 N–H and O–H groups in total. The molecule has 0 radical (unpaired) electrons. The largest absolute Gasteiger partial charge is 0.339 e. The fraction of sp³-hybridized carbons (Fsp3) is 0.750. The van der Waals surface area contributed by atoms with Gasteiger partial charge in [0.05, 0.1) is 10.7 Å². The molecule has 0 aromatic rings. The van der Waals surface area contributed by atoms with Gasteiger partial charge >= 0.3 is 0 Å². The second kappa shape index (κ2) is 6.33. The first kappa shape index (κ1) is 15.2. The van der Waals surface area contributed by atoms with Crippen molar-refractivity contribution in [2.24, 2.45) is 4.99 Å². The van der Waals surface area contributed by atoms with E-state index in [2.05, 4.69) is 4.99 Å². The van der Waals surface area contributed by atoms with Gasteiger partial charge in [0.15, 0.2) is 0 Å². The quantitative estimate of drug-likeness (QED) is 0.580. The van der Waals surface area contributed by atoms with Gasteiger partial charge in [-0.15, -0.1) is 0 Å². The first-order valence-corrected chi connectivity index (χ1v) is 7.68. The number of sulfonamides is 1. The number of allylic oxidation sites excluding steroid dienone is 1. The van der Waals surface area contributed by atoms with E-state index in [4.69, 9.17) is 0 Å². The molecule has 1 saturated heterocycles. The topological polar surface area (TPSA) is 53.0 Å². The molecule has 1 aliphatic heterocycles. The lowest BCUT2D eigenvalue weighted by Gasteiger charge is -2.26. The molecule has 0 atom stereocenters. The summed E-state index contributed by atoms with van der Waals surface area (Å²) >= 11 is 0. The van der Waals surface area contributed by atoms with Crippen molar-refractivity contribution in [1.82, 2.24) is 9.21 Å². The molecule has 18 heavy (non-hydrogen) atoms. The molecule has 0 aliphatic carbocycles. The second-order valence-corrected chi connectivity index (χ2v) is 6.70. The molecule has 0 unspecified atom stereocenters. The molecule has 1 rings (SSSR count). The van der Waals surface area contributed by atoms with Gasteiger partial charge in [0.1, 0.15) is 0 Å². The van der Waals surface area contributed by atoms with E-state index in [0.29, 0.717) is 18.0 Å². The second-order valence-electron chi connectivity index (χ2n) is 4.59. The SMILES string of the molecule is CN=C(C)N(C)/C=C(\C)S(=O)(=O)N1CCCCC1. The highest BCUT2D eigenvalue weighted by molar-refractivity contribution is 7.93. The van der Waals surface area contributed by atoms with E-state index in [1.165, 1.54) is 0 Å². The van der Waals surface area contributed by atoms with Crippen molar-refractivity contribution in [1.29, 1.82) is 0 Å². The Morgan fingerprint density at radius 2 is 1.78 bits per heavy atom. The number of hydrogen-bond acceptors (Lipinski definition) is 3. The predicted octanol–water partition coefficient (Wildman–Crippen LogP) is 1.64. The monoisotopic (exact) mass is 273 g/mol. The highest BCUT2D eigenvalue weighted by Crippen LogP contribution is 2.19. The van der Waals surface area contributed by atoms with Gasteiger partial charge < -0.3 is 4.90 Å². The fourth-order valence-electron chi connectivity index (χ4n) is 1.90. The van der Waals surface area contributed by atoms with Crippen molar-refractivity contribution in [3.63, 3.8) is 0 Å². The summed E-state index contributed by atoms with van der Waals surface area (Å²) in [4.78, 5) is 6.13. The first-order chi connectivity index (χ1) is 8.39. The molecule has 0 spiro atoms. The van der Waals surface area contributed by atoms with E-state index in [1.807, 2.05) is 6.92 Å². The Hall–Kier alpha value is -0.880. The van der Waals surface area contributed by atoms with Crippen LogP contribution >= 0.6 is 0 Å². The van der Waals surface area contributed by atoms with Crippen LogP contribution < -0.4 is 0 Å². The van der Waals surface area contributed by atoms with Crippen LogP contribution in [0.4, 0.5) is 0 Å². The molecule has 6 heteroatoms. The minimum Gasteiger partial charge on any atom is -0.339 e. The van der Waals surface area contributed by atoms with Crippen LogP contribution in [0.15, 0.2) is 16.1 Å². The lowest BCUT2D eigenvalue weighted by atomic mass is 10.2. The molecule has 1 fully saturated rings. The van der Waals surface area contributed by atoms with Crippen molar-refractivity contribution in [3.8, 4) is 0 Å². The summed E-state index contributed by atoms with van der Waals surface area (Å²) in [6.45, 7) is 4.76. The number of rotatable bonds is 3. The highest BCUT2D eigenvalue weighted by Gasteiger charge is 2.25. The van der Waals surface area contributed by atoms with E-state index in [-0.39, 0.29) is 0 Å². The lowest BCUT2D eigenvalue weighted by molar-refractivity contribution is 0.349. The van der Waals surface area contributed by atoms with Gasteiger partial charge in [0.25, 0.3) is 0 Å². The van der Waals surface area contributed by atoms with Crippen LogP contribution in [0.1, 0.15) is 33.1 Å².